The molecule has 1 unspecified atom stereocenters. The van der Waals surface area contributed by atoms with Crippen molar-refractivity contribution in [3.8, 4) is 0 Å². The third-order valence-corrected chi connectivity index (χ3v) is 3.28. The molecule has 0 spiro atoms. The number of nitrogens with zero attached hydrogens (tertiary/aromatic N) is 2. The number of benzene rings is 1. The summed E-state index contributed by atoms with van der Waals surface area (Å²) in [6, 6.07) is 0.424. The first-order chi connectivity index (χ1) is 14.1. The van der Waals surface area contributed by atoms with Gasteiger partial charge >= 0.3 is 30.2 Å². The topological polar surface area (TPSA) is 125 Å². The van der Waals surface area contributed by atoms with E-state index in [-0.39, 0.29) is 12.1 Å². The quantitative estimate of drug-likeness (QED) is 0.338. The minimum Gasteiger partial charge on any atom is -0.315 e. The van der Waals surface area contributed by atoms with Gasteiger partial charge in [-0.25, -0.2) is 0 Å². The van der Waals surface area contributed by atoms with Crippen LogP contribution in [0.4, 0.5) is 65.4 Å². The molecule has 0 saturated carbocycles. The first-order valence-electron chi connectivity index (χ1n) is 7.11. The molecule has 20 heteroatoms. The lowest BCUT2D eigenvalue weighted by atomic mass is 10.2. The summed E-state index contributed by atoms with van der Waals surface area (Å²) in [7, 11) is 0. The van der Waals surface area contributed by atoms with Gasteiger partial charge in [-0.2, -0.15) is 48.3 Å². The lowest BCUT2D eigenvalue weighted by Crippen LogP contribution is -2.62. The smallest absolute Gasteiger partial charge is 0.315 e. The lowest BCUT2D eigenvalue weighted by molar-refractivity contribution is -0.472. The summed E-state index contributed by atoms with van der Waals surface area (Å²) in [6.45, 7) is 0. The number of hydrogen-bond acceptors (Lipinski definition) is 6. The van der Waals surface area contributed by atoms with Crippen molar-refractivity contribution in [2.45, 2.75) is 30.2 Å². The molecule has 1 amide bonds. The first-order valence-corrected chi connectivity index (χ1v) is 7.11. The number of nitro benzene ring substituents is 2. The zero-order valence-corrected chi connectivity index (χ0v) is 14.2. The van der Waals surface area contributed by atoms with E-state index in [1.54, 1.807) is 0 Å². The Balaban J connectivity index is 3.49. The molecule has 1 N–H and O–H groups in total. The zero-order chi connectivity index (χ0) is 25.5. The number of ether oxygens (including phenoxy) is 1. The molecule has 180 valence electrons. The second-order valence-corrected chi connectivity index (χ2v) is 5.45. The maximum absolute atomic E-state index is 14.1. The van der Waals surface area contributed by atoms with Gasteiger partial charge in [0.05, 0.1) is 15.9 Å². The highest BCUT2D eigenvalue weighted by Crippen LogP contribution is 2.51. The van der Waals surface area contributed by atoms with Crippen LogP contribution < -0.4 is 5.32 Å². The van der Waals surface area contributed by atoms with E-state index >= 15 is 0 Å². The molecular formula is C12H4F11N3O6. The standard InChI is InChI=1S/C12H4F11N3O6/c13-8(10(16,17)18,32-12(22,23)9(14,15)11(19,20)21)7(27)24-5-2-1-4(25(28)29)3-6(5)26(30)31/h1-3H,(H,24,27). The number of carbonyl (C=O) groups is 1. The average Bonchev–Trinajstić information content (AvgIpc) is 2.58. The Morgan fingerprint density at radius 2 is 1.34 bits per heavy atom. The molecule has 0 aliphatic carbocycles. The summed E-state index contributed by atoms with van der Waals surface area (Å²) in [5.41, 5.74) is -4.22. The van der Waals surface area contributed by atoms with Gasteiger partial charge in [-0.3, -0.25) is 29.8 Å². The number of halogens is 11. The van der Waals surface area contributed by atoms with Gasteiger partial charge in [-0.05, 0) is 6.07 Å². The summed E-state index contributed by atoms with van der Waals surface area (Å²) >= 11 is 0. The van der Waals surface area contributed by atoms with Crippen LogP contribution in [0.15, 0.2) is 18.2 Å². The zero-order valence-electron chi connectivity index (χ0n) is 14.2. The number of nitrogens with one attached hydrogen (secondary N) is 1. The van der Waals surface area contributed by atoms with Crippen LogP contribution in [0.25, 0.3) is 0 Å². The number of rotatable bonds is 7. The SMILES string of the molecule is O=C(Nc1ccc([N+](=O)[O-])cc1[N+](=O)[O-])C(F)(OC(F)(F)C(F)(F)C(F)(F)F)C(F)(F)F. The van der Waals surface area contributed by atoms with Crippen LogP contribution in [0.5, 0.6) is 0 Å². The maximum Gasteiger partial charge on any atom is 0.462 e. The van der Waals surface area contributed by atoms with Gasteiger partial charge in [-0.1, -0.05) is 0 Å². The van der Waals surface area contributed by atoms with E-state index in [4.69, 9.17) is 0 Å². The Kier molecular flexibility index (Phi) is 6.66. The Morgan fingerprint density at radius 1 is 0.844 bits per heavy atom. The molecule has 0 fully saturated rings. The van der Waals surface area contributed by atoms with Crippen molar-refractivity contribution in [2.75, 3.05) is 5.32 Å². The molecule has 1 rings (SSSR count). The van der Waals surface area contributed by atoms with E-state index in [0.29, 0.717) is 11.4 Å². The van der Waals surface area contributed by atoms with Crippen molar-refractivity contribution in [3.05, 3.63) is 38.4 Å². The summed E-state index contributed by atoms with van der Waals surface area (Å²) in [5, 5.41) is 22.0. The third kappa shape index (κ3) is 4.78. The monoisotopic (exact) mass is 495 g/mol. The highest BCUT2D eigenvalue weighted by Gasteiger charge is 2.79. The molecule has 0 heterocycles. The van der Waals surface area contributed by atoms with Crippen molar-refractivity contribution in [1.82, 2.24) is 0 Å². The molecule has 9 nitrogen and oxygen atoms in total. The number of non-ortho nitro benzene ring substituents is 1. The fraction of sp³-hybridized carbons (Fsp3) is 0.417. The van der Waals surface area contributed by atoms with E-state index in [1.807, 2.05) is 4.74 Å². The molecule has 0 radical (unpaired) electrons. The van der Waals surface area contributed by atoms with Crippen molar-refractivity contribution in [3.63, 3.8) is 0 Å². The summed E-state index contributed by atoms with van der Waals surface area (Å²) in [5.74, 6) is -17.6. The summed E-state index contributed by atoms with van der Waals surface area (Å²) in [4.78, 5) is 30.1. The molecule has 0 saturated heterocycles. The number of anilines is 1. The average molecular weight is 495 g/mol. The van der Waals surface area contributed by atoms with E-state index < -0.39 is 63.1 Å². The number of alkyl halides is 11. The molecule has 0 aliphatic rings. The van der Waals surface area contributed by atoms with E-state index in [1.165, 1.54) is 0 Å². The Hall–Kier alpha value is -3.32. The highest BCUT2D eigenvalue weighted by atomic mass is 19.4. The van der Waals surface area contributed by atoms with Gasteiger partial charge in [-0.15, -0.1) is 0 Å². The molecule has 0 bridgehead atoms. The van der Waals surface area contributed by atoms with Crippen LogP contribution in [0.3, 0.4) is 0 Å². The van der Waals surface area contributed by atoms with Gasteiger partial charge < -0.3 is 5.32 Å². The van der Waals surface area contributed by atoms with Gasteiger partial charge in [0, 0.05) is 6.07 Å². The van der Waals surface area contributed by atoms with Gasteiger partial charge in [0.1, 0.15) is 5.69 Å². The van der Waals surface area contributed by atoms with Gasteiger partial charge in [0.25, 0.3) is 17.3 Å². The lowest BCUT2D eigenvalue weighted by Gasteiger charge is -2.34. The Bertz CT molecular complexity index is 932. The molecule has 0 aromatic heterocycles. The number of carbonyl (C=O) groups excluding carboxylic acids is 1. The second kappa shape index (κ2) is 7.98. The van der Waals surface area contributed by atoms with Crippen LogP contribution >= 0.6 is 0 Å². The van der Waals surface area contributed by atoms with Crippen LogP contribution in [0.2, 0.25) is 0 Å². The van der Waals surface area contributed by atoms with Gasteiger partial charge in [0.15, 0.2) is 0 Å². The predicted octanol–water partition coefficient (Wildman–Crippen LogP) is 4.48. The summed E-state index contributed by atoms with van der Waals surface area (Å²) in [6.07, 6.45) is -21.6. The number of hydrogen-bond donors (Lipinski definition) is 1. The Labute approximate surface area is 166 Å². The van der Waals surface area contributed by atoms with Crippen molar-refractivity contribution < 1.29 is 67.7 Å². The van der Waals surface area contributed by atoms with Crippen molar-refractivity contribution in [2.24, 2.45) is 0 Å². The maximum atomic E-state index is 14.1. The van der Waals surface area contributed by atoms with Crippen molar-refractivity contribution in [1.29, 1.82) is 0 Å². The van der Waals surface area contributed by atoms with E-state index in [9.17, 15) is 73.3 Å². The fourth-order valence-electron chi connectivity index (χ4n) is 1.73. The second-order valence-electron chi connectivity index (χ2n) is 5.45. The molecule has 1 aromatic rings. The first kappa shape index (κ1) is 26.7. The number of nitro groups is 2. The molecular weight excluding hydrogens is 491 g/mol. The van der Waals surface area contributed by atoms with E-state index in [2.05, 4.69) is 0 Å². The normalized spacial score (nSPS) is 15.1. The molecule has 32 heavy (non-hydrogen) atoms. The third-order valence-electron chi connectivity index (χ3n) is 3.28. The fourth-order valence-corrected chi connectivity index (χ4v) is 1.73. The summed E-state index contributed by atoms with van der Waals surface area (Å²) < 4.78 is 143. The van der Waals surface area contributed by atoms with Crippen molar-refractivity contribution >= 4 is 23.0 Å². The molecule has 1 atom stereocenters. The molecule has 0 aliphatic heterocycles. The molecule has 1 aromatic carbocycles. The largest absolute Gasteiger partial charge is 0.462 e. The van der Waals surface area contributed by atoms with Crippen LogP contribution in [0.1, 0.15) is 0 Å². The highest BCUT2D eigenvalue weighted by molar-refractivity contribution is 5.98. The predicted molar refractivity (Wildman–Crippen MR) is 75.3 cm³/mol. The van der Waals surface area contributed by atoms with Crippen LogP contribution in [-0.4, -0.2) is 46.0 Å². The van der Waals surface area contributed by atoms with E-state index in [0.717, 1.165) is 0 Å². The minimum absolute atomic E-state index is 0.0103. The van der Waals surface area contributed by atoms with Gasteiger partial charge in [0.2, 0.25) is 0 Å². The van der Waals surface area contributed by atoms with Crippen LogP contribution in [-0.2, 0) is 9.53 Å². The number of amides is 1. The van der Waals surface area contributed by atoms with Crippen LogP contribution in [0, 0.1) is 20.2 Å². The minimum atomic E-state index is -7.43. The Morgan fingerprint density at radius 3 is 1.72 bits per heavy atom.